The summed E-state index contributed by atoms with van der Waals surface area (Å²) in [7, 11) is 0. The van der Waals surface area contributed by atoms with Gasteiger partial charge < -0.3 is 14.5 Å². The number of furan rings is 1. The minimum atomic E-state index is -0.773. The zero-order valence-electron chi connectivity index (χ0n) is 13.9. The summed E-state index contributed by atoms with van der Waals surface area (Å²) in [6.45, 7) is -0.486. The Balaban J connectivity index is 1.61. The fourth-order valence-corrected chi connectivity index (χ4v) is 1.99. The average molecular weight is 358 g/mol. The normalized spacial score (nSPS) is 10.0. The van der Waals surface area contributed by atoms with Crippen molar-refractivity contribution in [3.63, 3.8) is 0 Å². The molecule has 0 radical (unpaired) electrons. The van der Waals surface area contributed by atoms with E-state index in [2.05, 4.69) is 5.32 Å². The average Bonchev–Trinajstić information content (AvgIpc) is 3.17. The fraction of sp³-hybridized carbons (Fsp3) is 0.222. The van der Waals surface area contributed by atoms with E-state index in [0.29, 0.717) is 11.3 Å². The molecular weight excluding hydrogens is 340 g/mol. The molecule has 2 aromatic rings. The molecule has 0 aliphatic carbocycles. The highest BCUT2D eigenvalue weighted by molar-refractivity contribution is 5.98. The molecule has 3 amide bonds. The first-order chi connectivity index (χ1) is 12.5. The first-order valence-electron chi connectivity index (χ1n) is 7.88. The van der Waals surface area contributed by atoms with Crippen molar-refractivity contribution in [2.45, 2.75) is 19.4 Å². The van der Waals surface area contributed by atoms with Crippen molar-refractivity contribution >= 4 is 23.7 Å². The van der Waals surface area contributed by atoms with Crippen molar-refractivity contribution in [2.75, 3.05) is 6.61 Å². The van der Waals surface area contributed by atoms with Crippen LogP contribution in [-0.2, 0) is 20.9 Å². The van der Waals surface area contributed by atoms with Crippen molar-refractivity contribution in [3.05, 3.63) is 60.1 Å². The molecule has 0 saturated carbocycles. The monoisotopic (exact) mass is 358 g/mol. The molecule has 0 fully saturated rings. The van der Waals surface area contributed by atoms with Gasteiger partial charge in [0.05, 0.1) is 19.2 Å². The van der Waals surface area contributed by atoms with E-state index in [1.54, 1.807) is 42.5 Å². The third-order valence-electron chi connectivity index (χ3n) is 3.27. The molecule has 1 aromatic heterocycles. The molecule has 1 heterocycles. The van der Waals surface area contributed by atoms with E-state index in [-0.39, 0.29) is 25.2 Å². The van der Waals surface area contributed by atoms with Crippen molar-refractivity contribution < 1.29 is 28.3 Å². The van der Waals surface area contributed by atoms with Gasteiger partial charge in [0.1, 0.15) is 5.76 Å². The van der Waals surface area contributed by atoms with Crippen molar-refractivity contribution in [3.8, 4) is 0 Å². The van der Waals surface area contributed by atoms with Gasteiger partial charge in [-0.15, -0.1) is 0 Å². The summed E-state index contributed by atoms with van der Waals surface area (Å²) in [6.07, 6.45) is 1.29. The molecule has 1 aromatic carbocycles. The Morgan fingerprint density at radius 1 is 0.962 bits per heavy atom. The number of amides is 3. The number of ketones is 1. The minimum Gasteiger partial charge on any atom is -0.467 e. The number of ether oxygens (including phenoxy) is 1. The van der Waals surface area contributed by atoms with Gasteiger partial charge in [0.2, 0.25) is 0 Å². The van der Waals surface area contributed by atoms with Crippen LogP contribution in [0.15, 0.2) is 53.1 Å². The molecule has 2 rings (SSSR count). The Hall–Kier alpha value is -3.42. The standard InChI is InChI=1S/C18H18N2O6/c21-15(13-5-2-1-3-6-13)8-9-17(23)26-12-16(22)20-18(24)19-11-14-7-4-10-25-14/h1-7,10H,8-9,11-12H2,(H2,19,20,22,24). The molecule has 0 saturated heterocycles. The zero-order chi connectivity index (χ0) is 18.8. The highest BCUT2D eigenvalue weighted by atomic mass is 16.5. The van der Waals surface area contributed by atoms with E-state index in [1.807, 2.05) is 5.32 Å². The Labute approximate surface area is 149 Å². The number of urea groups is 1. The highest BCUT2D eigenvalue weighted by Crippen LogP contribution is 2.05. The van der Waals surface area contributed by atoms with Gasteiger partial charge in [0.25, 0.3) is 5.91 Å². The van der Waals surface area contributed by atoms with Crippen LogP contribution in [0.3, 0.4) is 0 Å². The summed E-state index contributed by atoms with van der Waals surface area (Å²) in [6, 6.07) is 11.2. The molecule has 26 heavy (non-hydrogen) atoms. The van der Waals surface area contributed by atoms with E-state index >= 15 is 0 Å². The lowest BCUT2D eigenvalue weighted by molar-refractivity contribution is -0.148. The fourth-order valence-electron chi connectivity index (χ4n) is 1.99. The minimum absolute atomic E-state index is 0.0197. The number of nitrogens with one attached hydrogen (secondary N) is 2. The second-order valence-corrected chi connectivity index (χ2v) is 5.26. The van der Waals surface area contributed by atoms with Crippen molar-refractivity contribution in [2.24, 2.45) is 0 Å². The van der Waals surface area contributed by atoms with Gasteiger partial charge >= 0.3 is 12.0 Å². The van der Waals surface area contributed by atoms with Crippen LogP contribution in [0, 0.1) is 0 Å². The van der Waals surface area contributed by atoms with Crippen LogP contribution < -0.4 is 10.6 Å². The molecular formula is C18H18N2O6. The third kappa shape index (κ3) is 6.60. The number of imide groups is 1. The zero-order valence-corrected chi connectivity index (χ0v) is 13.9. The molecule has 0 unspecified atom stereocenters. The summed E-state index contributed by atoms with van der Waals surface area (Å²) in [5, 5.41) is 4.43. The maximum absolute atomic E-state index is 11.9. The second kappa shape index (κ2) is 9.77. The van der Waals surface area contributed by atoms with E-state index in [4.69, 9.17) is 9.15 Å². The van der Waals surface area contributed by atoms with Crippen LogP contribution >= 0.6 is 0 Å². The number of esters is 1. The predicted octanol–water partition coefficient (Wildman–Crippen LogP) is 1.81. The number of carbonyl (C=O) groups excluding carboxylic acids is 4. The Bertz CT molecular complexity index is 755. The molecule has 8 heteroatoms. The maximum Gasteiger partial charge on any atom is 0.321 e. The summed E-state index contributed by atoms with van der Waals surface area (Å²) in [5.41, 5.74) is 0.506. The molecule has 8 nitrogen and oxygen atoms in total. The van der Waals surface area contributed by atoms with E-state index < -0.39 is 24.5 Å². The maximum atomic E-state index is 11.9. The first kappa shape index (κ1) is 18.9. The Kier molecular flexibility index (Phi) is 7.11. The van der Waals surface area contributed by atoms with Crippen molar-refractivity contribution in [1.82, 2.24) is 10.6 Å². The molecule has 0 atom stereocenters. The predicted molar refractivity (Wildman–Crippen MR) is 90.1 cm³/mol. The largest absolute Gasteiger partial charge is 0.467 e. The Morgan fingerprint density at radius 2 is 1.73 bits per heavy atom. The SMILES string of the molecule is O=C(COC(=O)CCC(=O)c1ccccc1)NC(=O)NCc1ccco1. The van der Waals surface area contributed by atoms with Gasteiger partial charge in [0.15, 0.2) is 12.4 Å². The van der Waals surface area contributed by atoms with Crippen LogP contribution in [0.1, 0.15) is 29.0 Å². The second-order valence-electron chi connectivity index (χ2n) is 5.26. The van der Waals surface area contributed by atoms with Crippen LogP contribution in [0.2, 0.25) is 0 Å². The van der Waals surface area contributed by atoms with Crippen LogP contribution in [0.4, 0.5) is 4.79 Å². The lowest BCUT2D eigenvalue weighted by atomic mass is 10.1. The first-order valence-corrected chi connectivity index (χ1v) is 7.88. The summed E-state index contributed by atoms with van der Waals surface area (Å²) < 4.78 is 9.76. The van der Waals surface area contributed by atoms with E-state index in [1.165, 1.54) is 6.26 Å². The summed E-state index contributed by atoms with van der Waals surface area (Å²) in [4.78, 5) is 46.5. The van der Waals surface area contributed by atoms with Gasteiger partial charge in [-0.3, -0.25) is 19.7 Å². The van der Waals surface area contributed by atoms with Gasteiger partial charge in [-0.2, -0.15) is 0 Å². The van der Waals surface area contributed by atoms with E-state index in [0.717, 1.165) is 0 Å². The lowest BCUT2D eigenvalue weighted by Gasteiger charge is -2.06. The molecule has 0 aliphatic rings. The van der Waals surface area contributed by atoms with Gasteiger partial charge in [-0.1, -0.05) is 30.3 Å². The van der Waals surface area contributed by atoms with Gasteiger partial charge in [0, 0.05) is 12.0 Å². The van der Waals surface area contributed by atoms with Crippen LogP contribution in [0.5, 0.6) is 0 Å². The molecule has 0 spiro atoms. The summed E-state index contributed by atoms with van der Waals surface area (Å²) in [5.74, 6) is -1.13. The lowest BCUT2D eigenvalue weighted by Crippen LogP contribution is -2.41. The number of benzene rings is 1. The quantitative estimate of drug-likeness (QED) is 0.549. The number of hydrogen-bond acceptors (Lipinski definition) is 6. The molecule has 2 N–H and O–H groups in total. The smallest absolute Gasteiger partial charge is 0.321 e. The number of rotatable bonds is 8. The van der Waals surface area contributed by atoms with Gasteiger partial charge in [-0.25, -0.2) is 4.79 Å². The number of hydrogen-bond donors (Lipinski definition) is 2. The molecule has 136 valence electrons. The third-order valence-corrected chi connectivity index (χ3v) is 3.27. The highest BCUT2D eigenvalue weighted by Gasteiger charge is 2.13. The van der Waals surface area contributed by atoms with Crippen LogP contribution in [-0.4, -0.2) is 30.3 Å². The van der Waals surface area contributed by atoms with Gasteiger partial charge in [-0.05, 0) is 12.1 Å². The molecule has 0 aliphatic heterocycles. The van der Waals surface area contributed by atoms with Crippen molar-refractivity contribution in [1.29, 1.82) is 0 Å². The van der Waals surface area contributed by atoms with Crippen LogP contribution in [0.25, 0.3) is 0 Å². The molecule has 0 bridgehead atoms. The Morgan fingerprint density at radius 3 is 2.42 bits per heavy atom. The van der Waals surface area contributed by atoms with E-state index in [9.17, 15) is 19.2 Å². The topological polar surface area (TPSA) is 115 Å². The number of Topliss-reactive ketones (excluding diaryl/α,β-unsaturated/α-hetero) is 1. The summed E-state index contributed by atoms with van der Waals surface area (Å²) >= 11 is 0. The number of carbonyl (C=O) groups is 4.